The van der Waals surface area contributed by atoms with E-state index in [0.29, 0.717) is 0 Å². The first-order valence-corrected chi connectivity index (χ1v) is 3.38. The number of nitrogens with zero attached hydrogens (tertiary/aromatic N) is 1. The molecule has 0 aliphatic heterocycles. The monoisotopic (exact) mass is 174 g/mol. The highest BCUT2D eigenvalue weighted by Gasteiger charge is 2.37. The predicted octanol–water partition coefficient (Wildman–Crippen LogP) is -1.67. The van der Waals surface area contributed by atoms with Crippen LogP contribution in [-0.2, 0) is 9.59 Å². The van der Waals surface area contributed by atoms with Gasteiger partial charge in [-0.1, -0.05) is 0 Å². The second-order valence-electron chi connectivity index (χ2n) is 3.01. The lowest BCUT2D eigenvalue weighted by Gasteiger charge is -2.24. The molecule has 6 heteroatoms. The summed E-state index contributed by atoms with van der Waals surface area (Å²) in [6.07, 6.45) is 0. The van der Waals surface area contributed by atoms with Crippen LogP contribution in [0.4, 0.5) is 0 Å². The van der Waals surface area contributed by atoms with Gasteiger partial charge >= 0.3 is 0 Å². The molecule has 0 aromatic carbocycles. The SMILES string of the molecule is CN(N)C(=O)C(C)(C)C(=O)NN. The van der Waals surface area contributed by atoms with E-state index >= 15 is 0 Å². The van der Waals surface area contributed by atoms with E-state index in [0.717, 1.165) is 5.01 Å². The van der Waals surface area contributed by atoms with Gasteiger partial charge in [-0.3, -0.25) is 20.0 Å². The second-order valence-corrected chi connectivity index (χ2v) is 3.01. The van der Waals surface area contributed by atoms with E-state index < -0.39 is 17.2 Å². The van der Waals surface area contributed by atoms with Gasteiger partial charge in [0, 0.05) is 7.05 Å². The van der Waals surface area contributed by atoms with Crippen molar-refractivity contribution in [3.8, 4) is 0 Å². The highest BCUT2D eigenvalue weighted by atomic mass is 16.2. The molecule has 0 fully saturated rings. The van der Waals surface area contributed by atoms with E-state index in [1.807, 2.05) is 5.43 Å². The minimum absolute atomic E-state index is 0.495. The molecule has 70 valence electrons. The summed E-state index contributed by atoms with van der Waals surface area (Å²) in [6, 6.07) is 0. The largest absolute Gasteiger partial charge is 0.293 e. The Morgan fingerprint density at radius 3 is 2.08 bits per heavy atom. The summed E-state index contributed by atoms with van der Waals surface area (Å²) in [5.41, 5.74) is 0.675. The van der Waals surface area contributed by atoms with Gasteiger partial charge in [0.2, 0.25) is 5.91 Å². The van der Waals surface area contributed by atoms with E-state index in [1.165, 1.54) is 20.9 Å². The minimum atomic E-state index is -1.22. The molecule has 0 spiro atoms. The van der Waals surface area contributed by atoms with Crippen LogP contribution in [0.2, 0.25) is 0 Å². The molecule has 5 N–H and O–H groups in total. The Balaban J connectivity index is 4.61. The lowest BCUT2D eigenvalue weighted by molar-refractivity contribution is -0.147. The maximum absolute atomic E-state index is 11.2. The van der Waals surface area contributed by atoms with Gasteiger partial charge in [-0.2, -0.15) is 0 Å². The Bertz CT molecular complexity index is 200. The van der Waals surface area contributed by atoms with Gasteiger partial charge in [0.15, 0.2) is 0 Å². The third-order valence-electron chi connectivity index (χ3n) is 1.55. The number of amides is 2. The quantitative estimate of drug-likeness (QED) is 0.202. The Labute approximate surface area is 70.8 Å². The van der Waals surface area contributed by atoms with Crippen molar-refractivity contribution in [1.82, 2.24) is 10.4 Å². The van der Waals surface area contributed by atoms with Gasteiger partial charge in [0.25, 0.3) is 5.91 Å². The van der Waals surface area contributed by atoms with Gasteiger partial charge in [0.05, 0.1) is 0 Å². The molecule has 0 aliphatic carbocycles. The van der Waals surface area contributed by atoms with Crippen molar-refractivity contribution in [2.75, 3.05) is 7.05 Å². The number of carbonyl (C=O) groups is 2. The van der Waals surface area contributed by atoms with Crippen LogP contribution in [0.3, 0.4) is 0 Å². The Kier molecular flexibility index (Phi) is 3.17. The second kappa shape index (κ2) is 3.51. The number of nitrogens with two attached hydrogens (primary N) is 2. The number of nitrogens with one attached hydrogen (secondary N) is 1. The summed E-state index contributed by atoms with van der Waals surface area (Å²) < 4.78 is 0. The van der Waals surface area contributed by atoms with E-state index in [4.69, 9.17) is 11.7 Å². The third-order valence-corrected chi connectivity index (χ3v) is 1.55. The van der Waals surface area contributed by atoms with Crippen molar-refractivity contribution in [2.45, 2.75) is 13.8 Å². The average Bonchev–Trinajstić information content (AvgIpc) is 2.01. The van der Waals surface area contributed by atoms with Crippen molar-refractivity contribution in [3.05, 3.63) is 0 Å². The van der Waals surface area contributed by atoms with Crippen LogP contribution in [0.1, 0.15) is 13.8 Å². The molecule has 0 aromatic heterocycles. The van der Waals surface area contributed by atoms with Gasteiger partial charge < -0.3 is 0 Å². The van der Waals surface area contributed by atoms with Gasteiger partial charge in [-0.15, -0.1) is 0 Å². The molecule has 0 radical (unpaired) electrons. The summed E-state index contributed by atoms with van der Waals surface area (Å²) in [5.74, 6) is 9.00. The van der Waals surface area contributed by atoms with Crippen LogP contribution >= 0.6 is 0 Å². The molecule has 0 bridgehead atoms. The van der Waals surface area contributed by atoms with E-state index in [-0.39, 0.29) is 0 Å². The third kappa shape index (κ3) is 1.93. The Morgan fingerprint density at radius 2 is 1.83 bits per heavy atom. The molecule has 0 aliphatic rings. The van der Waals surface area contributed by atoms with Crippen LogP contribution in [0.15, 0.2) is 0 Å². The summed E-state index contributed by atoms with van der Waals surface area (Å²) in [7, 11) is 1.37. The number of hydrogen-bond acceptors (Lipinski definition) is 4. The predicted molar refractivity (Wildman–Crippen MR) is 43.1 cm³/mol. The zero-order chi connectivity index (χ0) is 9.94. The van der Waals surface area contributed by atoms with Crippen LogP contribution in [0, 0.1) is 5.41 Å². The van der Waals surface area contributed by atoms with Crippen molar-refractivity contribution in [3.63, 3.8) is 0 Å². The number of rotatable bonds is 2. The molecule has 6 nitrogen and oxygen atoms in total. The number of hydrazine groups is 2. The van der Waals surface area contributed by atoms with Crippen molar-refractivity contribution in [2.24, 2.45) is 17.1 Å². The highest BCUT2D eigenvalue weighted by Crippen LogP contribution is 2.16. The summed E-state index contributed by atoms with van der Waals surface area (Å²) in [6.45, 7) is 2.89. The molecule has 0 rings (SSSR count). The first-order chi connectivity index (χ1) is 5.34. The van der Waals surface area contributed by atoms with Crippen LogP contribution in [0.5, 0.6) is 0 Å². The molecule has 0 aromatic rings. The lowest BCUT2D eigenvalue weighted by Crippen LogP contribution is -2.52. The lowest BCUT2D eigenvalue weighted by atomic mass is 9.91. The van der Waals surface area contributed by atoms with Crippen LogP contribution < -0.4 is 17.1 Å². The fourth-order valence-electron chi connectivity index (χ4n) is 0.718. The van der Waals surface area contributed by atoms with Crippen LogP contribution in [0.25, 0.3) is 0 Å². The molecule has 0 saturated heterocycles. The van der Waals surface area contributed by atoms with Crippen molar-refractivity contribution < 1.29 is 9.59 Å². The molecule has 12 heavy (non-hydrogen) atoms. The Hall–Kier alpha value is -1.14. The van der Waals surface area contributed by atoms with Crippen molar-refractivity contribution >= 4 is 11.8 Å². The van der Waals surface area contributed by atoms with Gasteiger partial charge in [0.1, 0.15) is 5.41 Å². The molecule has 0 heterocycles. The summed E-state index contributed by atoms with van der Waals surface area (Å²) in [4.78, 5) is 22.3. The molecule has 0 atom stereocenters. The fraction of sp³-hybridized carbons (Fsp3) is 0.667. The summed E-state index contributed by atoms with van der Waals surface area (Å²) >= 11 is 0. The molecule has 2 amide bonds. The maximum atomic E-state index is 11.2. The molecular formula is C6H14N4O2. The van der Waals surface area contributed by atoms with E-state index in [2.05, 4.69) is 0 Å². The van der Waals surface area contributed by atoms with Crippen molar-refractivity contribution in [1.29, 1.82) is 0 Å². The zero-order valence-electron chi connectivity index (χ0n) is 7.42. The first kappa shape index (κ1) is 10.9. The maximum Gasteiger partial charge on any atom is 0.251 e. The van der Waals surface area contributed by atoms with E-state index in [1.54, 1.807) is 0 Å². The van der Waals surface area contributed by atoms with E-state index in [9.17, 15) is 9.59 Å². The number of hydrogen-bond donors (Lipinski definition) is 3. The molecular weight excluding hydrogens is 160 g/mol. The van der Waals surface area contributed by atoms with Gasteiger partial charge in [-0.25, -0.2) is 11.7 Å². The standard InChI is InChI=1S/C6H14N4O2/c1-6(2,4(11)9-7)5(12)10(3)8/h7-8H2,1-3H3,(H,9,11). The average molecular weight is 174 g/mol. The molecule has 0 unspecified atom stereocenters. The highest BCUT2D eigenvalue weighted by molar-refractivity contribution is 6.03. The van der Waals surface area contributed by atoms with Crippen LogP contribution in [-0.4, -0.2) is 23.9 Å². The molecule has 0 saturated carbocycles. The fourth-order valence-corrected chi connectivity index (χ4v) is 0.718. The van der Waals surface area contributed by atoms with Gasteiger partial charge in [-0.05, 0) is 13.8 Å². The normalized spacial score (nSPS) is 10.8. The smallest absolute Gasteiger partial charge is 0.251 e. The minimum Gasteiger partial charge on any atom is -0.293 e. The Morgan fingerprint density at radius 1 is 1.42 bits per heavy atom. The zero-order valence-corrected chi connectivity index (χ0v) is 7.42. The first-order valence-electron chi connectivity index (χ1n) is 3.38. The number of carbonyl (C=O) groups excluding carboxylic acids is 2. The summed E-state index contributed by atoms with van der Waals surface area (Å²) in [5, 5.41) is 0.856. The topological polar surface area (TPSA) is 101 Å².